The fourth-order valence-corrected chi connectivity index (χ4v) is 4.11. The van der Waals surface area contributed by atoms with E-state index in [0.29, 0.717) is 11.8 Å². The predicted octanol–water partition coefficient (Wildman–Crippen LogP) is 3.08. The molecule has 0 spiro atoms. The first-order chi connectivity index (χ1) is 10.1. The van der Waals surface area contributed by atoms with Crippen LogP contribution in [0.15, 0.2) is 10.7 Å². The molecule has 3 atom stereocenters. The Morgan fingerprint density at radius 2 is 2.19 bits per heavy atom. The average Bonchev–Trinajstić information content (AvgIpc) is 2.85. The van der Waals surface area contributed by atoms with Gasteiger partial charge >= 0.3 is 0 Å². The standard InChI is InChI=1S/C16H29BrN4/c1-4-12-5-6-13(10-18)14(9-12)16-15(17)11-19-21(16)8-7-20(2)3/h11-14H,4-10,18H2,1-3H3. The van der Waals surface area contributed by atoms with Crippen molar-refractivity contribution in [3.05, 3.63) is 16.4 Å². The van der Waals surface area contributed by atoms with Gasteiger partial charge in [-0.3, -0.25) is 4.68 Å². The summed E-state index contributed by atoms with van der Waals surface area (Å²) in [4.78, 5) is 2.20. The van der Waals surface area contributed by atoms with Crippen LogP contribution in [0.25, 0.3) is 0 Å². The highest BCUT2D eigenvalue weighted by molar-refractivity contribution is 9.10. The number of halogens is 1. The predicted molar refractivity (Wildman–Crippen MR) is 91.4 cm³/mol. The highest BCUT2D eigenvalue weighted by Crippen LogP contribution is 2.43. The van der Waals surface area contributed by atoms with E-state index in [2.05, 4.69) is 51.6 Å². The Morgan fingerprint density at radius 1 is 1.43 bits per heavy atom. The molecule has 2 N–H and O–H groups in total. The van der Waals surface area contributed by atoms with Gasteiger partial charge in [0.15, 0.2) is 0 Å². The molecule has 0 bridgehead atoms. The average molecular weight is 357 g/mol. The number of hydrogen-bond acceptors (Lipinski definition) is 3. The number of aromatic nitrogens is 2. The minimum Gasteiger partial charge on any atom is -0.330 e. The van der Waals surface area contributed by atoms with Crippen molar-refractivity contribution in [3.63, 3.8) is 0 Å². The van der Waals surface area contributed by atoms with Crippen LogP contribution in [0.3, 0.4) is 0 Å². The van der Waals surface area contributed by atoms with Crippen LogP contribution < -0.4 is 5.73 Å². The van der Waals surface area contributed by atoms with Crippen molar-refractivity contribution in [3.8, 4) is 0 Å². The summed E-state index contributed by atoms with van der Waals surface area (Å²) in [5.41, 5.74) is 7.42. The number of rotatable bonds is 6. The highest BCUT2D eigenvalue weighted by atomic mass is 79.9. The molecule has 1 saturated carbocycles. The van der Waals surface area contributed by atoms with Crippen molar-refractivity contribution < 1.29 is 0 Å². The van der Waals surface area contributed by atoms with Crippen LogP contribution in [0.2, 0.25) is 0 Å². The van der Waals surface area contributed by atoms with Gasteiger partial charge in [0.1, 0.15) is 0 Å². The maximum atomic E-state index is 6.06. The van der Waals surface area contributed by atoms with E-state index in [4.69, 9.17) is 5.73 Å². The fraction of sp³-hybridized carbons (Fsp3) is 0.812. The molecule has 1 aromatic rings. The van der Waals surface area contributed by atoms with Crippen molar-refractivity contribution in [1.82, 2.24) is 14.7 Å². The monoisotopic (exact) mass is 356 g/mol. The van der Waals surface area contributed by atoms with Crippen molar-refractivity contribution in [2.45, 2.75) is 45.1 Å². The van der Waals surface area contributed by atoms with Gasteiger partial charge in [-0.1, -0.05) is 19.8 Å². The highest BCUT2D eigenvalue weighted by Gasteiger charge is 2.33. The zero-order valence-corrected chi connectivity index (χ0v) is 15.1. The Bertz CT molecular complexity index is 443. The number of hydrogen-bond donors (Lipinski definition) is 1. The van der Waals surface area contributed by atoms with Crippen LogP contribution in [-0.2, 0) is 6.54 Å². The minimum absolute atomic E-state index is 0.549. The van der Waals surface area contributed by atoms with Crippen LogP contribution in [0, 0.1) is 11.8 Å². The summed E-state index contributed by atoms with van der Waals surface area (Å²) < 4.78 is 3.34. The zero-order valence-electron chi connectivity index (χ0n) is 13.6. The van der Waals surface area contributed by atoms with E-state index in [9.17, 15) is 0 Å². The Kier molecular flexibility index (Phi) is 6.26. The second kappa shape index (κ2) is 7.75. The van der Waals surface area contributed by atoms with Crippen LogP contribution in [0.4, 0.5) is 0 Å². The van der Waals surface area contributed by atoms with E-state index in [0.717, 1.165) is 30.0 Å². The third kappa shape index (κ3) is 4.08. The van der Waals surface area contributed by atoms with Gasteiger partial charge in [0.05, 0.1) is 22.9 Å². The maximum Gasteiger partial charge on any atom is 0.0635 e. The summed E-state index contributed by atoms with van der Waals surface area (Å²) in [7, 11) is 4.21. The maximum absolute atomic E-state index is 6.06. The Balaban J connectivity index is 2.22. The van der Waals surface area contributed by atoms with Crippen LogP contribution >= 0.6 is 15.9 Å². The van der Waals surface area contributed by atoms with Crippen molar-refractivity contribution >= 4 is 15.9 Å². The lowest BCUT2D eigenvalue weighted by atomic mass is 9.72. The molecule has 0 aromatic carbocycles. The molecular weight excluding hydrogens is 328 g/mol. The molecular formula is C16H29BrN4. The van der Waals surface area contributed by atoms with Gasteiger partial charge in [0.2, 0.25) is 0 Å². The third-order valence-corrected chi connectivity index (χ3v) is 5.54. The normalized spacial score (nSPS) is 26.5. The second-order valence-corrected chi connectivity index (χ2v) is 7.45. The van der Waals surface area contributed by atoms with Crippen molar-refractivity contribution in [2.75, 3.05) is 27.2 Å². The van der Waals surface area contributed by atoms with Gasteiger partial charge in [-0.2, -0.15) is 5.10 Å². The fourth-order valence-electron chi connectivity index (χ4n) is 3.52. The van der Waals surface area contributed by atoms with Crippen molar-refractivity contribution in [1.29, 1.82) is 0 Å². The van der Waals surface area contributed by atoms with Gasteiger partial charge < -0.3 is 10.6 Å². The van der Waals surface area contributed by atoms with Gasteiger partial charge in [0, 0.05) is 12.5 Å². The summed E-state index contributed by atoms with van der Waals surface area (Å²) in [6.45, 7) is 5.05. The van der Waals surface area contributed by atoms with E-state index >= 15 is 0 Å². The Labute approximate surface area is 137 Å². The van der Waals surface area contributed by atoms with Crippen molar-refractivity contribution in [2.24, 2.45) is 17.6 Å². The summed E-state index contributed by atoms with van der Waals surface area (Å²) >= 11 is 3.72. The summed E-state index contributed by atoms with van der Waals surface area (Å²) in [6.07, 6.45) is 7.07. The molecule has 0 aliphatic heterocycles. The van der Waals surface area contributed by atoms with Gasteiger partial charge in [-0.05, 0) is 61.2 Å². The number of likely N-dealkylation sites (N-methyl/N-ethyl adjacent to an activating group) is 1. The minimum atomic E-state index is 0.549. The summed E-state index contributed by atoms with van der Waals surface area (Å²) in [5.74, 6) is 1.98. The Hall–Kier alpha value is -0.390. The lowest BCUT2D eigenvalue weighted by molar-refractivity contribution is 0.225. The Morgan fingerprint density at radius 3 is 2.81 bits per heavy atom. The van der Waals surface area contributed by atoms with Gasteiger partial charge in [0.25, 0.3) is 0 Å². The van der Waals surface area contributed by atoms with Crippen LogP contribution in [0.5, 0.6) is 0 Å². The van der Waals surface area contributed by atoms with E-state index in [-0.39, 0.29) is 0 Å². The molecule has 1 aromatic heterocycles. The first-order valence-corrected chi connectivity index (χ1v) is 8.92. The SMILES string of the molecule is CCC1CCC(CN)C(c2c(Br)cnn2CCN(C)C)C1. The largest absolute Gasteiger partial charge is 0.330 e. The van der Waals surface area contributed by atoms with Gasteiger partial charge in [-0.15, -0.1) is 0 Å². The van der Waals surface area contributed by atoms with Crippen LogP contribution in [-0.4, -0.2) is 41.9 Å². The molecule has 0 saturated heterocycles. The molecule has 120 valence electrons. The lowest BCUT2D eigenvalue weighted by Crippen LogP contribution is -2.31. The molecule has 0 amide bonds. The quantitative estimate of drug-likeness (QED) is 0.851. The first-order valence-electron chi connectivity index (χ1n) is 8.12. The number of nitrogens with two attached hydrogens (primary N) is 1. The molecule has 0 radical (unpaired) electrons. The molecule has 3 unspecified atom stereocenters. The molecule has 1 aliphatic carbocycles. The van der Waals surface area contributed by atoms with E-state index in [1.165, 1.54) is 31.4 Å². The smallest absolute Gasteiger partial charge is 0.0635 e. The first kappa shape index (κ1) is 17.0. The van der Waals surface area contributed by atoms with E-state index in [1.807, 2.05) is 6.20 Å². The molecule has 5 heteroatoms. The molecule has 1 aliphatic rings. The molecule has 21 heavy (non-hydrogen) atoms. The van der Waals surface area contributed by atoms with E-state index < -0.39 is 0 Å². The van der Waals surface area contributed by atoms with Crippen LogP contribution in [0.1, 0.15) is 44.2 Å². The summed E-state index contributed by atoms with van der Waals surface area (Å²) in [6, 6.07) is 0. The number of nitrogens with zero attached hydrogens (tertiary/aromatic N) is 3. The van der Waals surface area contributed by atoms with Gasteiger partial charge in [-0.25, -0.2) is 0 Å². The second-order valence-electron chi connectivity index (χ2n) is 6.59. The zero-order chi connectivity index (χ0) is 15.4. The topological polar surface area (TPSA) is 47.1 Å². The molecule has 2 rings (SSSR count). The summed E-state index contributed by atoms with van der Waals surface area (Å²) in [5, 5.41) is 4.58. The molecule has 1 fully saturated rings. The lowest BCUT2D eigenvalue weighted by Gasteiger charge is -2.36. The molecule has 4 nitrogen and oxygen atoms in total. The van der Waals surface area contributed by atoms with E-state index in [1.54, 1.807) is 0 Å². The molecule has 1 heterocycles. The third-order valence-electron chi connectivity index (χ3n) is 4.93.